The van der Waals surface area contributed by atoms with Crippen LogP contribution >= 0.6 is 12.4 Å². The van der Waals surface area contributed by atoms with Crippen molar-refractivity contribution in [2.45, 2.75) is 26.0 Å². The van der Waals surface area contributed by atoms with Gasteiger partial charge < -0.3 is 9.47 Å². The van der Waals surface area contributed by atoms with Gasteiger partial charge in [-0.2, -0.15) is 0 Å². The van der Waals surface area contributed by atoms with Gasteiger partial charge in [0.05, 0.1) is 19.8 Å². The molecule has 0 bridgehead atoms. The Morgan fingerprint density at radius 2 is 2.06 bits per heavy atom. The SMILES string of the molecule is CC1CNC(C)(CCN2CCOCC2)OC1.Cl. The minimum Gasteiger partial charge on any atom is -0.379 e. The fourth-order valence-corrected chi connectivity index (χ4v) is 2.18. The predicted octanol–water partition coefficient (Wildman–Crippen LogP) is 1.10. The second kappa shape index (κ2) is 6.90. The summed E-state index contributed by atoms with van der Waals surface area (Å²) in [6, 6.07) is 0. The Labute approximate surface area is 110 Å². The summed E-state index contributed by atoms with van der Waals surface area (Å²) in [4.78, 5) is 2.46. The van der Waals surface area contributed by atoms with Crippen molar-refractivity contribution in [1.29, 1.82) is 0 Å². The van der Waals surface area contributed by atoms with Gasteiger partial charge in [-0.1, -0.05) is 6.92 Å². The van der Waals surface area contributed by atoms with Gasteiger partial charge in [-0.15, -0.1) is 12.4 Å². The van der Waals surface area contributed by atoms with Crippen LogP contribution in [-0.4, -0.2) is 56.6 Å². The van der Waals surface area contributed by atoms with Crippen LogP contribution < -0.4 is 5.32 Å². The molecule has 0 aromatic carbocycles. The van der Waals surface area contributed by atoms with Crippen molar-refractivity contribution in [3.05, 3.63) is 0 Å². The molecule has 17 heavy (non-hydrogen) atoms. The molecule has 5 heteroatoms. The van der Waals surface area contributed by atoms with Crippen molar-refractivity contribution < 1.29 is 9.47 Å². The molecule has 0 aromatic rings. The van der Waals surface area contributed by atoms with E-state index in [2.05, 4.69) is 24.1 Å². The lowest BCUT2D eigenvalue weighted by Crippen LogP contribution is -2.54. The molecule has 0 amide bonds. The van der Waals surface area contributed by atoms with Crippen molar-refractivity contribution in [2.24, 2.45) is 5.92 Å². The summed E-state index contributed by atoms with van der Waals surface area (Å²) in [6.07, 6.45) is 1.06. The van der Waals surface area contributed by atoms with Gasteiger partial charge in [0.1, 0.15) is 5.72 Å². The molecule has 4 nitrogen and oxygen atoms in total. The standard InChI is InChI=1S/C12H24N2O2.ClH/c1-11-9-13-12(2,16-10-11)3-4-14-5-7-15-8-6-14;/h11,13H,3-10H2,1-2H3;1H. The van der Waals surface area contributed by atoms with Crippen LogP contribution in [0.15, 0.2) is 0 Å². The van der Waals surface area contributed by atoms with E-state index >= 15 is 0 Å². The number of hydrogen-bond donors (Lipinski definition) is 1. The number of hydrogen-bond acceptors (Lipinski definition) is 4. The average Bonchev–Trinajstić information content (AvgIpc) is 2.33. The minimum absolute atomic E-state index is 0. The van der Waals surface area contributed by atoms with Gasteiger partial charge in [0.25, 0.3) is 0 Å². The van der Waals surface area contributed by atoms with E-state index in [0.29, 0.717) is 5.92 Å². The largest absolute Gasteiger partial charge is 0.379 e. The summed E-state index contributed by atoms with van der Waals surface area (Å²) in [6.45, 7) is 11.3. The molecule has 102 valence electrons. The first-order valence-electron chi connectivity index (χ1n) is 6.37. The van der Waals surface area contributed by atoms with Crippen molar-refractivity contribution in [3.63, 3.8) is 0 Å². The Balaban J connectivity index is 0.00000144. The third kappa shape index (κ3) is 4.72. The van der Waals surface area contributed by atoms with Crippen LogP contribution in [0.25, 0.3) is 0 Å². The van der Waals surface area contributed by atoms with E-state index in [9.17, 15) is 0 Å². The molecule has 2 aliphatic heterocycles. The molecule has 2 atom stereocenters. The maximum atomic E-state index is 5.90. The summed E-state index contributed by atoms with van der Waals surface area (Å²) in [5.74, 6) is 0.636. The highest BCUT2D eigenvalue weighted by Gasteiger charge is 2.30. The van der Waals surface area contributed by atoms with Crippen molar-refractivity contribution in [2.75, 3.05) is 46.0 Å². The number of nitrogens with one attached hydrogen (secondary N) is 1. The van der Waals surface area contributed by atoms with Crippen LogP contribution in [0.2, 0.25) is 0 Å². The molecule has 0 aliphatic carbocycles. The molecule has 2 unspecified atom stereocenters. The second-order valence-corrected chi connectivity index (χ2v) is 5.23. The number of rotatable bonds is 3. The molecule has 1 N–H and O–H groups in total. The van der Waals surface area contributed by atoms with E-state index < -0.39 is 0 Å². The fourth-order valence-electron chi connectivity index (χ4n) is 2.18. The van der Waals surface area contributed by atoms with Crippen LogP contribution in [-0.2, 0) is 9.47 Å². The molecule has 2 saturated heterocycles. The summed E-state index contributed by atoms with van der Waals surface area (Å²) in [5.41, 5.74) is -0.120. The maximum Gasteiger partial charge on any atom is 0.117 e. The Morgan fingerprint density at radius 3 is 2.65 bits per heavy atom. The van der Waals surface area contributed by atoms with E-state index in [1.54, 1.807) is 0 Å². The smallest absolute Gasteiger partial charge is 0.117 e. The number of halogens is 1. The number of ether oxygens (including phenoxy) is 2. The normalized spacial score (nSPS) is 35.3. The Bertz CT molecular complexity index is 215. The van der Waals surface area contributed by atoms with Gasteiger partial charge in [-0.05, 0) is 12.8 Å². The van der Waals surface area contributed by atoms with E-state index in [1.807, 2.05) is 0 Å². The van der Waals surface area contributed by atoms with Crippen LogP contribution in [0.5, 0.6) is 0 Å². The summed E-state index contributed by atoms with van der Waals surface area (Å²) in [7, 11) is 0. The van der Waals surface area contributed by atoms with E-state index in [0.717, 1.165) is 52.4 Å². The Kier molecular flexibility index (Phi) is 6.17. The highest BCUT2D eigenvalue weighted by atomic mass is 35.5. The van der Waals surface area contributed by atoms with Gasteiger partial charge in [-0.25, -0.2) is 0 Å². The van der Waals surface area contributed by atoms with Crippen molar-refractivity contribution in [1.82, 2.24) is 10.2 Å². The molecule has 0 saturated carbocycles. The monoisotopic (exact) mass is 264 g/mol. The quantitative estimate of drug-likeness (QED) is 0.828. The zero-order valence-corrected chi connectivity index (χ0v) is 11.7. The lowest BCUT2D eigenvalue weighted by molar-refractivity contribution is -0.110. The molecular weight excluding hydrogens is 240 g/mol. The maximum absolute atomic E-state index is 5.90. The van der Waals surface area contributed by atoms with Gasteiger partial charge in [-0.3, -0.25) is 10.2 Å². The van der Waals surface area contributed by atoms with Gasteiger partial charge in [0.15, 0.2) is 0 Å². The van der Waals surface area contributed by atoms with Gasteiger partial charge in [0.2, 0.25) is 0 Å². The summed E-state index contributed by atoms with van der Waals surface area (Å²) < 4.78 is 11.2. The third-order valence-corrected chi connectivity index (χ3v) is 3.52. The molecule has 0 aromatic heterocycles. The highest BCUT2D eigenvalue weighted by molar-refractivity contribution is 5.85. The molecule has 2 fully saturated rings. The lowest BCUT2D eigenvalue weighted by atomic mass is 10.1. The number of nitrogens with zero attached hydrogens (tertiary/aromatic N) is 1. The van der Waals surface area contributed by atoms with Crippen molar-refractivity contribution >= 4 is 12.4 Å². The Morgan fingerprint density at radius 1 is 1.35 bits per heavy atom. The lowest BCUT2D eigenvalue weighted by Gasteiger charge is -2.39. The average molecular weight is 265 g/mol. The molecule has 2 heterocycles. The highest BCUT2D eigenvalue weighted by Crippen LogP contribution is 2.19. The van der Waals surface area contributed by atoms with E-state index in [1.165, 1.54) is 0 Å². The molecular formula is C12H25ClN2O2. The van der Waals surface area contributed by atoms with Crippen LogP contribution in [0, 0.1) is 5.92 Å². The minimum atomic E-state index is -0.120. The Hall–Kier alpha value is 0.130. The number of morpholine rings is 1. The topological polar surface area (TPSA) is 33.7 Å². The van der Waals surface area contributed by atoms with Gasteiger partial charge in [0, 0.05) is 32.6 Å². The van der Waals surface area contributed by atoms with Crippen LogP contribution in [0.1, 0.15) is 20.3 Å². The predicted molar refractivity (Wildman–Crippen MR) is 70.6 cm³/mol. The first-order valence-corrected chi connectivity index (χ1v) is 6.37. The molecule has 2 rings (SSSR count). The zero-order chi connectivity index (χ0) is 11.4. The molecule has 2 aliphatic rings. The second-order valence-electron chi connectivity index (χ2n) is 5.23. The van der Waals surface area contributed by atoms with Crippen LogP contribution in [0.4, 0.5) is 0 Å². The van der Waals surface area contributed by atoms with Crippen LogP contribution in [0.3, 0.4) is 0 Å². The fraction of sp³-hybridized carbons (Fsp3) is 1.00. The van der Waals surface area contributed by atoms with E-state index in [4.69, 9.17) is 9.47 Å². The molecule has 0 radical (unpaired) electrons. The van der Waals surface area contributed by atoms with Crippen molar-refractivity contribution in [3.8, 4) is 0 Å². The zero-order valence-electron chi connectivity index (χ0n) is 10.9. The first-order chi connectivity index (χ1) is 7.68. The third-order valence-electron chi connectivity index (χ3n) is 3.52. The van der Waals surface area contributed by atoms with Gasteiger partial charge >= 0.3 is 0 Å². The summed E-state index contributed by atoms with van der Waals surface area (Å²) in [5, 5.41) is 3.50. The molecule has 0 spiro atoms. The summed E-state index contributed by atoms with van der Waals surface area (Å²) >= 11 is 0. The first kappa shape index (κ1) is 15.2. The van der Waals surface area contributed by atoms with E-state index in [-0.39, 0.29) is 18.1 Å².